The lowest BCUT2D eigenvalue weighted by molar-refractivity contribution is -0.144. The Hall–Kier alpha value is -8.21. The Morgan fingerprint density at radius 1 is 0.606 bits per heavy atom. The minimum atomic E-state index is -1.18. The first-order valence-corrected chi connectivity index (χ1v) is 23.9. The van der Waals surface area contributed by atoms with Gasteiger partial charge in [0.1, 0.15) is 30.8 Å². The molecule has 17 heteroatoms. The van der Waals surface area contributed by atoms with Crippen LogP contribution in [-0.2, 0) is 64.1 Å². The van der Waals surface area contributed by atoms with Crippen LogP contribution in [0.1, 0.15) is 61.3 Å². The highest BCUT2D eigenvalue weighted by Crippen LogP contribution is 2.27. The van der Waals surface area contributed by atoms with Crippen LogP contribution in [0.5, 0.6) is 0 Å². The molecule has 1 aliphatic carbocycles. The van der Waals surface area contributed by atoms with Crippen molar-refractivity contribution >= 4 is 74.2 Å². The highest BCUT2D eigenvalue weighted by molar-refractivity contribution is 5.97. The number of nitrogens with one attached hydrogen (secondary N) is 8. The molecule has 4 aromatic carbocycles. The predicted molar refractivity (Wildman–Crippen MR) is 267 cm³/mol. The molecule has 368 valence electrons. The Labute approximate surface area is 409 Å². The summed E-state index contributed by atoms with van der Waals surface area (Å²) in [5.74, 6) is -3.72. The largest absolute Gasteiger partial charge is 0.467 e. The number of ketones is 1. The Morgan fingerprint density at radius 2 is 1.10 bits per heavy atom. The van der Waals surface area contributed by atoms with Gasteiger partial charge in [-0.2, -0.15) is 0 Å². The van der Waals surface area contributed by atoms with Crippen molar-refractivity contribution < 1.29 is 43.0 Å². The number of carbonyl (C=O) groups excluding carboxylic acids is 7. The van der Waals surface area contributed by atoms with E-state index in [9.17, 15) is 33.6 Å². The molecule has 8 N–H and O–H groups in total. The maximum atomic E-state index is 14.5. The summed E-state index contributed by atoms with van der Waals surface area (Å²) in [5, 5.41) is 16.6. The number of alkyl carbamates (subject to hydrolysis) is 1. The number of H-pyrrole nitrogens is 3. The van der Waals surface area contributed by atoms with Crippen LogP contribution in [0.25, 0.3) is 32.7 Å². The molecule has 8 rings (SSSR count). The molecule has 71 heavy (non-hydrogen) atoms. The van der Waals surface area contributed by atoms with E-state index in [1.807, 2.05) is 103 Å². The first kappa shape index (κ1) is 49.2. The molecule has 0 aliphatic heterocycles. The number of hydrogen-bond donors (Lipinski definition) is 8. The fourth-order valence-corrected chi connectivity index (χ4v) is 9.33. The Bertz CT molecular complexity index is 3030. The highest BCUT2D eigenvalue weighted by Gasteiger charge is 2.36. The van der Waals surface area contributed by atoms with E-state index in [4.69, 9.17) is 9.47 Å². The summed E-state index contributed by atoms with van der Waals surface area (Å²) < 4.78 is 10.3. The standard InChI is InChI=1S/C54H58N8O9/c1-32(53(68)70-2)58-50(65)45(25-35-28-55-41-19-9-6-16-38(35)41)59-48(63)24-23-34-15-12-22-44(49(34)64)60-51(66)46(26-36-29-56-42-20-10-7-17-39(36)42)61-52(67)47(27-37-30-57-43-21-11-8-18-40(37)43)62-54(69)71-31-33-13-4-3-5-14-33/h3-11,13-14,16-21,28-30,32,34,44-47,55-57H,12,15,22-27,31H2,1-2H3,(H,58,65)(H,59,63)(H,60,66)(H,61,67)(H,62,69)/t32-,34+,44+,45-,46-,47-/m0/s1. The summed E-state index contributed by atoms with van der Waals surface area (Å²) >= 11 is 0. The number of Topliss-reactive ketones (excluding diaryl/α,β-unsaturated/α-hetero) is 1. The number of para-hydroxylation sites is 3. The number of aromatic nitrogens is 3. The lowest BCUT2D eigenvalue weighted by Gasteiger charge is -2.30. The van der Waals surface area contributed by atoms with Crippen molar-refractivity contribution in [3.63, 3.8) is 0 Å². The third kappa shape index (κ3) is 12.3. The fraction of sp³-hybridized carbons (Fsp3) is 0.315. The van der Waals surface area contributed by atoms with E-state index in [1.165, 1.54) is 14.0 Å². The topological polar surface area (TPSA) is 245 Å². The molecule has 6 atom stereocenters. The van der Waals surface area contributed by atoms with Crippen molar-refractivity contribution in [2.75, 3.05) is 7.11 Å². The van der Waals surface area contributed by atoms with Gasteiger partial charge in [-0.15, -0.1) is 0 Å². The van der Waals surface area contributed by atoms with Gasteiger partial charge in [0, 0.05) is 82.9 Å². The van der Waals surface area contributed by atoms with Crippen molar-refractivity contribution in [3.8, 4) is 0 Å². The van der Waals surface area contributed by atoms with Crippen LogP contribution in [-0.4, -0.2) is 93.7 Å². The first-order chi connectivity index (χ1) is 34.4. The van der Waals surface area contributed by atoms with E-state index in [1.54, 1.807) is 18.6 Å². The third-order valence-corrected chi connectivity index (χ3v) is 13.1. The van der Waals surface area contributed by atoms with Crippen LogP contribution in [0, 0.1) is 5.92 Å². The molecule has 17 nitrogen and oxygen atoms in total. The van der Waals surface area contributed by atoms with Crippen molar-refractivity contribution in [2.45, 2.75) is 95.1 Å². The maximum Gasteiger partial charge on any atom is 0.408 e. The van der Waals surface area contributed by atoms with E-state index >= 15 is 0 Å². The lowest BCUT2D eigenvalue weighted by atomic mass is 9.81. The summed E-state index contributed by atoms with van der Waals surface area (Å²) in [6.07, 6.45) is 6.26. The second-order valence-corrected chi connectivity index (χ2v) is 18.0. The van der Waals surface area contributed by atoms with Crippen molar-refractivity contribution in [1.29, 1.82) is 0 Å². The van der Waals surface area contributed by atoms with Crippen LogP contribution < -0.4 is 26.6 Å². The second kappa shape index (κ2) is 22.9. The van der Waals surface area contributed by atoms with Gasteiger partial charge in [-0.1, -0.05) is 91.3 Å². The lowest BCUT2D eigenvalue weighted by Crippen LogP contribution is -2.57. The minimum Gasteiger partial charge on any atom is -0.467 e. The van der Waals surface area contributed by atoms with Gasteiger partial charge in [0.25, 0.3) is 0 Å². The molecular formula is C54H58N8O9. The molecule has 0 bridgehead atoms. The number of esters is 1. The molecule has 3 aromatic heterocycles. The van der Waals surface area contributed by atoms with Crippen LogP contribution in [0.15, 0.2) is 122 Å². The predicted octanol–water partition coefficient (Wildman–Crippen LogP) is 5.73. The number of methoxy groups -OCH3 is 1. The van der Waals surface area contributed by atoms with Crippen LogP contribution in [0.4, 0.5) is 4.79 Å². The molecular weight excluding hydrogens is 905 g/mol. The number of hydrogen-bond acceptors (Lipinski definition) is 9. The average Bonchev–Trinajstić information content (AvgIpc) is 4.12. The van der Waals surface area contributed by atoms with Gasteiger partial charge in [0.05, 0.1) is 13.2 Å². The Kier molecular flexibility index (Phi) is 15.9. The van der Waals surface area contributed by atoms with E-state index in [0.717, 1.165) is 55.0 Å². The third-order valence-electron chi connectivity index (χ3n) is 13.1. The van der Waals surface area contributed by atoms with Gasteiger partial charge in [0.15, 0.2) is 5.78 Å². The van der Waals surface area contributed by atoms with Crippen molar-refractivity contribution in [1.82, 2.24) is 41.5 Å². The number of fused-ring (bicyclic) bond motifs is 3. The molecule has 1 aliphatic rings. The number of aromatic amines is 3. The summed E-state index contributed by atoms with van der Waals surface area (Å²) in [5.41, 5.74) is 5.60. The molecule has 1 fully saturated rings. The maximum absolute atomic E-state index is 14.5. The van der Waals surface area contributed by atoms with Gasteiger partial charge in [-0.25, -0.2) is 9.59 Å². The summed E-state index contributed by atoms with van der Waals surface area (Å²) in [7, 11) is 1.22. The SMILES string of the molecule is COC(=O)[C@H](C)NC(=O)[C@H](Cc1c[nH]c2ccccc12)NC(=O)CC[C@H]1CCC[C@@H](NC(=O)[C@H](Cc2c[nH]c3ccccc23)NC(=O)[C@H](Cc2c[nH]c3ccccc23)NC(=O)OCc2ccccc2)C1=O. The highest BCUT2D eigenvalue weighted by atomic mass is 16.5. The van der Waals surface area contributed by atoms with Gasteiger partial charge in [0.2, 0.25) is 23.6 Å². The molecule has 0 spiro atoms. The Morgan fingerprint density at radius 3 is 1.65 bits per heavy atom. The van der Waals surface area contributed by atoms with Crippen LogP contribution in [0.3, 0.4) is 0 Å². The van der Waals surface area contributed by atoms with E-state index in [2.05, 4.69) is 41.5 Å². The molecule has 5 amide bonds. The molecule has 0 radical (unpaired) electrons. The molecule has 3 heterocycles. The smallest absolute Gasteiger partial charge is 0.408 e. The zero-order valence-electron chi connectivity index (χ0n) is 39.5. The fourth-order valence-electron chi connectivity index (χ4n) is 9.33. The summed E-state index contributed by atoms with van der Waals surface area (Å²) in [4.78, 5) is 105. The minimum absolute atomic E-state index is 0.0257. The van der Waals surface area contributed by atoms with E-state index in [0.29, 0.717) is 19.3 Å². The average molecular weight is 963 g/mol. The number of benzene rings is 4. The van der Waals surface area contributed by atoms with Gasteiger partial charge < -0.3 is 51.0 Å². The number of carbonyl (C=O) groups is 7. The number of amides is 5. The van der Waals surface area contributed by atoms with Crippen LogP contribution >= 0.6 is 0 Å². The zero-order valence-corrected chi connectivity index (χ0v) is 39.5. The molecule has 1 saturated carbocycles. The Balaban J connectivity index is 0.955. The molecule has 0 saturated heterocycles. The number of rotatable bonds is 20. The number of ether oxygens (including phenoxy) is 2. The quantitative estimate of drug-likeness (QED) is 0.0434. The van der Waals surface area contributed by atoms with Crippen molar-refractivity contribution in [2.24, 2.45) is 5.92 Å². The first-order valence-electron chi connectivity index (χ1n) is 23.9. The molecule has 7 aromatic rings. The monoisotopic (exact) mass is 962 g/mol. The second-order valence-electron chi connectivity index (χ2n) is 18.0. The normalized spacial score (nSPS) is 16.3. The summed E-state index contributed by atoms with van der Waals surface area (Å²) in [6.45, 7) is 1.46. The van der Waals surface area contributed by atoms with Gasteiger partial charge >= 0.3 is 12.1 Å². The van der Waals surface area contributed by atoms with E-state index < -0.39 is 71.8 Å². The zero-order chi connectivity index (χ0) is 49.9. The van der Waals surface area contributed by atoms with Gasteiger partial charge in [-0.3, -0.25) is 24.0 Å². The molecule has 0 unspecified atom stereocenters. The van der Waals surface area contributed by atoms with Crippen molar-refractivity contribution in [3.05, 3.63) is 144 Å². The summed E-state index contributed by atoms with van der Waals surface area (Å²) in [6, 6.07) is 26.6. The van der Waals surface area contributed by atoms with E-state index in [-0.39, 0.29) is 44.5 Å². The van der Waals surface area contributed by atoms with Gasteiger partial charge in [-0.05, 0) is 66.6 Å². The van der Waals surface area contributed by atoms with Crippen LogP contribution in [0.2, 0.25) is 0 Å².